The summed E-state index contributed by atoms with van der Waals surface area (Å²) in [5.74, 6) is 0.835. The maximum absolute atomic E-state index is 10.9. The number of aromatic hydroxyl groups is 2. The average molecular weight is 491 g/mol. The fraction of sp³-hybridized carbons (Fsp3) is 0.212. The average Bonchev–Trinajstić information content (AvgIpc) is 2.90. The molecule has 0 saturated carbocycles. The van der Waals surface area contributed by atoms with E-state index in [1.807, 2.05) is 60.7 Å². The van der Waals surface area contributed by atoms with Gasteiger partial charge in [0.05, 0.1) is 0 Å². The van der Waals surface area contributed by atoms with Crippen LogP contribution in [0.2, 0.25) is 0 Å². The molecule has 0 bridgehead atoms. The van der Waals surface area contributed by atoms with Gasteiger partial charge in [0.2, 0.25) is 0 Å². The van der Waals surface area contributed by atoms with Crippen LogP contribution in [0, 0.1) is 0 Å². The number of hydrogen-bond acceptors (Lipinski definition) is 4. The summed E-state index contributed by atoms with van der Waals surface area (Å²) >= 11 is 0. The number of hydrogen-bond donors (Lipinski definition) is 2. The van der Waals surface area contributed by atoms with Crippen LogP contribution in [-0.2, 0) is 0 Å². The minimum Gasteiger partial charge on any atom is -0.507 e. The summed E-state index contributed by atoms with van der Waals surface area (Å²) in [5, 5.41) is 21.7. The lowest BCUT2D eigenvalue weighted by Crippen LogP contribution is -1.96. The minimum absolute atomic E-state index is 0.170. The van der Waals surface area contributed by atoms with Gasteiger partial charge in [0.1, 0.15) is 18.2 Å². The standard InChI is InChI=1S/C33H34N2O2/c1-22(2)30-17-26(24-11-7-5-8-12-24)15-28(32(30)36)19-34-21-35-20-29-16-27(25-13-9-6-10-14-25)18-31(23(3)4)33(29)37/h5-20,22-23,36-37H,21H2,1-4H3. The van der Waals surface area contributed by atoms with E-state index in [-0.39, 0.29) is 30.0 Å². The van der Waals surface area contributed by atoms with Crippen LogP contribution in [0.4, 0.5) is 0 Å². The Hall–Kier alpha value is -4.18. The van der Waals surface area contributed by atoms with E-state index < -0.39 is 0 Å². The smallest absolute Gasteiger partial charge is 0.129 e. The van der Waals surface area contributed by atoms with Gasteiger partial charge in [-0.3, -0.25) is 9.98 Å². The number of nitrogens with zero attached hydrogens (tertiary/aromatic N) is 2. The van der Waals surface area contributed by atoms with Crippen LogP contribution in [0.15, 0.2) is 94.9 Å². The van der Waals surface area contributed by atoms with Crippen LogP contribution in [0.25, 0.3) is 22.3 Å². The predicted molar refractivity (Wildman–Crippen MR) is 155 cm³/mol. The highest BCUT2D eigenvalue weighted by Crippen LogP contribution is 2.35. The molecule has 0 spiro atoms. The van der Waals surface area contributed by atoms with E-state index in [9.17, 15) is 10.2 Å². The summed E-state index contributed by atoms with van der Waals surface area (Å²) in [6.07, 6.45) is 3.34. The lowest BCUT2D eigenvalue weighted by molar-refractivity contribution is 0.463. The van der Waals surface area contributed by atoms with Gasteiger partial charge in [-0.2, -0.15) is 0 Å². The summed E-state index contributed by atoms with van der Waals surface area (Å²) in [5.41, 5.74) is 7.35. The second-order valence-electron chi connectivity index (χ2n) is 9.81. The molecule has 4 rings (SSSR count). The second-order valence-corrected chi connectivity index (χ2v) is 9.81. The molecule has 4 aromatic rings. The summed E-state index contributed by atoms with van der Waals surface area (Å²) < 4.78 is 0. The maximum Gasteiger partial charge on any atom is 0.129 e. The number of phenolic OH excluding ortho intramolecular Hbond substituents is 2. The summed E-state index contributed by atoms with van der Waals surface area (Å²) in [7, 11) is 0. The minimum atomic E-state index is 0.170. The van der Waals surface area contributed by atoms with Crippen molar-refractivity contribution in [2.45, 2.75) is 39.5 Å². The van der Waals surface area contributed by atoms with Crippen LogP contribution < -0.4 is 0 Å². The van der Waals surface area contributed by atoms with Crippen molar-refractivity contribution in [2.75, 3.05) is 6.67 Å². The molecule has 4 nitrogen and oxygen atoms in total. The van der Waals surface area contributed by atoms with Gasteiger partial charge in [0, 0.05) is 23.6 Å². The third-order valence-corrected chi connectivity index (χ3v) is 6.42. The monoisotopic (exact) mass is 490 g/mol. The van der Waals surface area contributed by atoms with E-state index in [1.54, 1.807) is 12.4 Å². The molecule has 0 heterocycles. The van der Waals surface area contributed by atoms with Crippen LogP contribution in [-0.4, -0.2) is 29.3 Å². The molecule has 0 atom stereocenters. The molecule has 0 fully saturated rings. The first-order valence-corrected chi connectivity index (χ1v) is 12.7. The molecule has 2 N–H and O–H groups in total. The van der Waals surface area contributed by atoms with Crippen molar-refractivity contribution in [3.05, 3.63) is 107 Å². The van der Waals surface area contributed by atoms with E-state index in [1.165, 1.54) is 0 Å². The molecule has 0 aliphatic carbocycles. The third-order valence-electron chi connectivity index (χ3n) is 6.42. The fourth-order valence-corrected chi connectivity index (χ4v) is 4.36. The topological polar surface area (TPSA) is 65.2 Å². The Labute approximate surface area is 219 Å². The predicted octanol–water partition coefficient (Wildman–Crippen LogP) is 8.17. The van der Waals surface area contributed by atoms with Crippen molar-refractivity contribution in [3.63, 3.8) is 0 Å². The van der Waals surface area contributed by atoms with Crippen LogP contribution >= 0.6 is 0 Å². The van der Waals surface area contributed by atoms with Crippen molar-refractivity contribution in [2.24, 2.45) is 9.98 Å². The molecular weight excluding hydrogens is 456 g/mol. The second kappa shape index (κ2) is 11.7. The molecule has 0 aliphatic heterocycles. The zero-order valence-electron chi connectivity index (χ0n) is 21.9. The first kappa shape index (κ1) is 25.9. The number of aliphatic imine (C=N–C) groups is 2. The molecular formula is C33H34N2O2. The Balaban J connectivity index is 1.59. The van der Waals surface area contributed by atoms with E-state index in [0.29, 0.717) is 11.1 Å². The molecule has 4 aromatic carbocycles. The molecule has 4 heteroatoms. The maximum atomic E-state index is 10.9. The fourth-order valence-electron chi connectivity index (χ4n) is 4.36. The highest BCUT2D eigenvalue weighted by atomic mass is 16.3. The molecule has 0 aliphatic rings. The van der Waals surface area contributed by atoms with Crippen molar-refractivity contribution in [3.8, 4) is 33.8 Å². The Morgan fingerprint density at radius 2 is 0.946 bits per heavy atom. The highest BCUT2D eigenvalue weighted by molar-refractivity contribution is 5.89. The van der Waals surface area contributed by atoms with Crippen LogP contribution in [0.1, 0.15) is 61.8 Å². The van der Waals surface area contributed by atoms with E-state index in [2.05, 4.69) is 61.9 Å². The van der Waals surface area contributed by atoms with Gasteiger partial charge in [0.15, 0.2) is 0 Å². The van der Waals surface area contributed by atoms with Crippen molar-refractivity contribution < 1.29 is 10.2 Å². The zero-order valence-corrected chi connectivity index (χ0v) is 21.9. The Morgan fingerprint density at radius 1 is 0.568 bits per heavy atom. The number of phenols is 2. The quantitative estimate of drug-likeness (QED) is 0.245. The van der Waals surface area contributed by atoms with Crippen LogP contribution in [0.3, 0.4) is 0 Å². The van der Waals surface area contributed by atoms with Gasteiger partial charge in [0.25, 0.3) is 0 Å². The largest absolute Gasteiger partial charge is 0.507 e. The van der Waals surface area contributed by atoms with Gasteiger partial charge in [-0.05, 0) is 69.5 Å². The molecule has 0 radical (unpaired) electrons. The molecule has 37 heavy (non-hydrogen) atoms. The number of rotatable bonds is 8. The highest BCUT2D eigenvalue weighted by Gasteiger charge is 2.14. The molecule has 188 valence electrons. The van der Waals surface area contributed by atoms with Gasteiger partial charge in [-0.25, -0.2) is 0 Å². The summed E-state index contributed by atoms with van der Waals surface area (Å²) in [6, 6.07) is 28.2. The first-order valence-electron chi connectivity index (χ1n) is 12.7. The molecule has 0 aromatic heterocycles. The van der Waals surface area contributed by atoms with Gasteiger partial charge in [-0.1, -0.05) is 88.4 Å². The number of benzene rings is 4. The molecule has 0 saturated heterocycles. The lowest BCUT2D eigenvalue weighted by atomic mass is 9.93. The lowest BCUT2D eigenvalue weighted by Gasteiger charge is -2.14. The van der Waals surface area contributed by atoms with E-state index in [0.717, 1.165) is 33.4 Å². The van der Waals surface area contributed by atoms with Crippen molar-refractivity contribution in [1.82, 2.24) is 0 Å². The van der Waals surface area contributed by atoms with Gasteiger partial charge >= 0.3 is 0 Å². The van der Waals surface area contributed by atoms with Crippen molar-refractivity contribution in [1.29, 1.82) is 0 Å². The Morgan fingerprint density at radius 3 is 1.30 bits per heavy atom. The summed E-state index contributed by atoms with van der Waals surface area (Å²) in [4.78, 5) is 8.91. The van der Waals surface area contributed by atoms with E-state index in [4.69, 9.17) is 0 Å². The molecule has 0 amide bonds. The van der Waals surface area contributed by atoms with Crippen LogP contribution in [0.5, 0.6) is 11.5 Å². The van der Waals surface area contributed by atoms with E-state index >= 15 is 0 Å². The van der Waals surface area contributed by atoms with Gasteiger partial charge < -0.3 is 10.2 Å². The Kier molecular flexibility index (Phi) is 8.19. The zero-order chi connectivity index (χ0) is 26.4. The molecule has 0 unspecified atom stereocenters. The third kappa shape index (κ3) is 6.15. The van der Waals surface area contributed by atoms with Gasteiger partial charge in [-0.15, -0.1) is 0 Å². The first-order chi connectivity index (χ1) is 17.8. The summed E-state index contributed by atoms with van der Waals surface area (Å²) in [6.45, 7) is 8.44. The SMILES string of the molecule is CC(C)c1cc(-c2ccccc2)cc(C=NCN=Cc2cc(-c3ccccc3)cc(C(C)C)c2O)c1O. The normalized spacial score (nSPS) is 11.8. The van der Waals surface area contributed by atoms with Crippen molar-refractivity contribution >= 4 is 12.4 Å². The Bertz CT molecular complexity index is 1300.